The molecule has 0 heterocycles. The lowest BCUT2D eigenvalue weighted by atomic mass is 10.1. The van der Waals surface area contributed by atoms with Gasteiger partial charge in [-0.2, -0.15) is 13.2 Å². The topological polar surface area (TPSA) is 58.6 Å². The summed E-state index contributed by atoms with van der Waals surface area (Å²) in [6.45, 7) is 0. The molecule has 1 aromatic carbocycles. The number of nitrogens with one attached hydrogen (secondary N) is 1. The average molecular weight is 377 g/mol. The highest BCUT2D eigenvalue weighted by atomic mass is 35.5. The monoisotopic (exact) mass is 376 g/mol. The highest BCUT2D eigenvalue weighted by Crippen LogP contribution is 2.24. The molecule has 0 fully saturated rings. The number of esters is 1. The lowest BCUT2D eigenvalue weighted by Crippen LogP contribution is -2.21. The third-order valence-electron chi connectivity index (χ3n) is 2.78. The van der Waals surface area contributed by atoms with Crippen molar-refractivity contribution in [1.82, 2.24) is 4.90 Å². The molecule has 1 aromatic rings. The molecule has 0 atom stereocenters. The number of benzene rings is 1. The average Bonchev–Trinajstić information content (AvgIpc) is 2.52. The van der Waals surface area contributed by atoms with Gasteiger partial charge in [-0.1, -0.05) is 11.6 Å². The van der Waals surface area contributed by atoms with Crippen LogP contribution < -0.4 is 5.32 Å². The molecule has 0 spiro atoms. The fourth-order valence-electron chi connectivity index (χ4n) is 1.64. The second-order valence-corrected chi connectivity index (χ2v) is 5.48. The Hall–Kier alpha value is -2.48. The van der Waals surface area contributed by atoms with Crippen LogP contribution in [0.2, 0.25) is 5.02 Å². The van der Waals surface area contributed by atoms with E-state index in [9.17, 15) is 22.8 Å². The molecule has 25 heavy (non-hydrogen) atoms. The first-order chi connectivity index (χ1) is 11.5. The second-order valence-electron chi connectivity index (χ2n) is 5.05. The van der Waals surface area contributed by atoms with Crippen molar-refractivity contribution in [3.8, 4) is 0 Å². The molecule has 0 aliphatic rings. The van der Waals surface area contributed by atoms with E-state index < -0.39 is 17.9 Å². The zero-order valence-corrected chi connectivity index (χ0v) is 14.4. The van der Waals surface area contributed by atoms with E-state index in [0.717, 1.165) is 7.11 Å². The summed E-state index contributed by atoms with van der Waals surface area (Å²) in [4.78, 5) is 24.6. The van der Waals surface area contributed by atoms with Crippen molar-refractivity contribution < 1.29 is 27.5 Å². The molecule has 0 unspecified atom stereocenters. The first-order valence-electron chi connectivity index (χ1n) is 6.87. The minimum absolute atomic E-state index is 0.0126. The number of allylic oxidation sites excluding steroid dienone is 2. The van der Waals surface area contributed by atoms with Gasteiger partial charge in [0.1, 0.15) is 0 Å². The summed E-state index contributed by atoms with van der Waals surface area (Å²) in [6.07, 6.45) is -1.91. The van der Waals surface area contributed by atoms with Gasteiger partial charge in [-0.25, -0.2) is 4.79 Å². The van der Waals surface area contributed by atoms with Gasteiger partial charge in [0.05, 0.1) is 18.4 Å². The van der Waals surface area contributed by atoms with Crippen LogP contribution in [0.25, 0.3) is 0 Å². The summed E-state index contributed by atoms with van der Waals surface area (Å²) in [6, 6.07) is 4.13. The van der Waals surface area contributed by atoms with E-state index in [1.165, 1.54) is 30.5 Å². The summed E-state index contributed by atoms with van der Waals surface area (Å²) in [7, 11) is 4.46. The highest BCUT2D eigenvalue weighted by molar-refractivity contribution is 6.31. The number of hydrogen-bond donors (Lipinski definition) is 1. The Balaban J connectivity index is 3.29. The van der Waals surface area contributed by atoms with Crippen molar-refractivity contribution in [2.24, 2.45) is 0 Å². The van der Waals surface area contributed by atoms with Gasteiger partial charge >= 0.3 is 12.1 Å². The lowest BCUT2D eigenvalue weighted by molar-refractivity contribution is -0.165. The Morgan fingerprint density at radius 3 is 2.44 bits per heavy atom. The number of rotatable bonds is 6. The third kappa shape index (κ3) is 6.50. The van der Waals surface area contributed by atoms with Crippen LogP contribution in [-0.4, -0.2) is 44.0 Å². The van der Waals surface area contributed by atoms with Crippen molar-refractivity contribution in [1.29, 1.82) is 0 Å². The number of ketones is 1. The van der Waals surface area contributed by atoms with Gasteiger partial charge < -0.3 is 15.0 Å². The molecule has 9 heteroatoms. The molecule has 0 aliphatic carbocycles. The predicted octanol–water partition coefficient (Wildman–Crippen LogP) is 3.63. The maximum absolute atomic E-state index is 12.5. The number of halogens is 4. The summed E-state index contributed by atoms with van der Waals surface area (Å²) >= 11 is 5.83. The third-order valence-corrected chi connectivity index (χ3v) is 3.02. The molecule has 0 bridgehead atoms. The van der Waals surface area contributed by atoms with Crippen molar-refractivity contribution in [3.05, 3.63) is 52.8 Å². The van der Waals surface area contributed by atoms with Crippen molar-refractivity contribution in [2.75, 3.05) is 26.5 Å². The Bertz CT molecular complexity index is 713. The predicted molar refractivity (Wildman–Crippen MR) is 88.4 cm³/mol. The van der Waals surface area contributed by atoms with Crippen molar-refractivity contribution in [2.45, 2.75) is 6.18 Å². The van der Waals surface area contributed by atoms with Gasteiger partial charge in [-0.15, -0.1) is 0 Å². The van der Waals surface area contributed by atoms with Crippen LogP contribution in [0, 0.1) is 0 Å². The van der Waals surface area contributed by atoms with Gasteiger partial charge in [0.25, 0.3) is 5.78 Å². The van der Waals surface area contributed by atoms with Gasteiger partial charge in [0.2, 0.25) is 0 Å². The SMILES string of the molecule is COC(=O)c1cc(Cl)ccc1NC(/C=C/N(C)C)=C/C(=O)C(F)(F)F. The molecule has 0 saturated carbocycles. The van der Waals surface area contributed by atoms with E-state index >= 15 is 0 Å². The van der Waals surface area contributed by atoms with E-state index in [4.69, 9.17) is 11.6 Å². The zero-order chi connectivity index (χ0) is 19.2. The fourth-order valence-corrected chi connectivity index (χ4v) is 1.81. The first kappa shape index (κ1) is 20.6. The van der Waals surface area contributed by atoms with Crippen LogP contribution in [0.3, 0.4) is 0 Å². The summed E-state index contributed by atoms with van der Waals surface area (Å²) in [5.74, 6) is -2.77. The Morgan fingerprint density at radius 2 is 1.92 bits per heavy atom. The Labute approximate surface area is 147 Å². The minimum atomic E-state index is -5.01. The van der Waals surface area contributed by atoms with Gasteiger partial charge in [-0.05, 0) is 24.3 Å². The quantitative estimate of drug-likeness (QED) is 0.467. The van der Waals surface area contributed by atoms with Crippen LogP contribution in [0.1, 0.15) is 10.4 Å². The standard InChI is InChI=1S/C16H16ClF3N2O3/c1-22(2)7-6-11(9-14(23)16(18,19)20)21-13-5-4-10(17)8-12(13)15(24)25-3/h4-9,21H,1-3H3/b7-6+,11-9+. The smallest absolute Gasteiger partial charge is 0.454 e. The molecular formula is C16H16ClF3N2O3. The summed E-state index contributed by atoms with van der Waals surface area (Å²) in [5, 5.41) is 2.86. The molecule has 0 aliphatic heterocycles. The van der Waals surface area contributed by atoms with E-state index in [0.29, 0.717) is 6.08 Å². The van der Waals surface area contributed by atoms with Crippen LogP contribution in [0.15, 0.2) is 42.2 Å². The summed E-state index contributed by atoms with van der Waals surface area (Å²) < 4.78 is 42.2. The number of alkyl halides is 3. The fraction of sp³-hybridized carbons (Fsp3) is 0.250. The van der Waals surface area contributed by atoms with E-state index in [1.54, 1.807) is 19.0 Å². The Morgan fingerprint density at radius 1 is 1.28 bits per heavy atom. The Kier molecular flexibility index (Phi) is 7.05. The summed E-state index contributed by atoms with van der Waals surface area (Å²) in [5.41, 5.74) is -0.0111. The molecule has 5 nitrogen and oxygen atoms in total. The van der Waals surface area contributed by atoms with E-state index in [2.05, 4.69) is 10.1 Å². The zero-order valence-electron chi connectivity index (χ0n) is 13.6. The largest absolute Gasteiger partial charge is 0.465 e. The molecular weight excluding hydrogens is 361 g/mol. The lowest BCUT2D eigenvalue weighted by Gasteiger charge is -2.13. The van der Waals surface area contributed by atoms with E-state index in [-0.39, 0.29) is 22.0 Å². The molecule has 0 radical (unpaired) electrons. The number of carbonyl (C=O) groups excluding carboxylic acids is 2. The number of hydrogen-bond acceptors (Lipinski definition) is 5. The molecule has 136 valence electrons. The normalized spacial score (nSPS) is 12.2. The minimum Gasteiger partial charge on any atom is -0.465 e. The van der Waals surface area contributed by atoms with Crippen molar-refractivity contribution in [3.63, 3.8) is 0 Å². The van der Waals surface area contributed by atoms with Gasteiger partial charge in [-0.3, -0.25) is 4.79 Å². The van der Waals surface area contributed by atoms with E-state index in [1.807, 2.05) is 0 Å². The molecule has 0 saturated heterocycles. The number of nitrogens with zero attached hydrogens (tertiary/aromatic N) is 1. The molecule has 0 amide bonds. The molecule has 1 rings (SSSR count). The van der Waals surface area contributed by atoms with Gasteiger partial charge in [0, 0.05) is 37.1 Å². The van der Waals surface area contributed by atoms with Crippen LogP contribution >= 0.6 is 11.6 Å². The maximum atomic E-state index is 12.5. The van der Waals surface area contributed by atoms with Gasteiger partial charge in [0.15, 0.2) is 0 Å². The first-order valence-corrected chi connectivity index (χ1v) is 7.24. The molecule has 1 N–H and O–H groups in total. The number of methoxy groups -OCH3 is 1. The maximum Gasteiger partial charge on any atom is 0.454 e. The second kappa shape index (κ2) is 8.57. The van der Waals surface area contributed by atoms with Crippen LogP contribution in [-0.2, 0) is 9.53 Å². The van der Waals surface area contributed by atoms with Crippen molar-refractivity contribution >= 4 is 29.0 Å². The highest BCUT2D eigenvalue weighted by Gasteiger charge is 2.36. The number of ether oxygens (including phenoxy) is 1. The number of anilines is 1. The number of carbonyl (C=O) groups is 2. The van der Waals surface area contributed by atoms with Crippen LogP contribution in [0.5, 0.6) is 0 Å². The molecule has 0 aromatic heterocycles. The van der Waals surface area contributed by atoms with Crippen LogP contribution in [0.4, 0.5) is 18.9 Å².